The van der Waals surface area contributed by atoms with Gasteiger partial charge in [-0.05, 0) is 42.5 Å². The van der Waals surface area contributed by atoms with E-state index >= 15 is 0 Å². The second-order valence-corrected chi connectivity index (χ2v) is 5.18. The van der Waals surface area contributed by atoms with E-state index in [1.54, 1.807) is 0 Å². The Morgan fingerprint density at radius 3 is 2.42 bits per heavy atom. The minimum Gasteiger partial charge on any atom is -0.379 e. The number of rotatable bonds is 3. The first kappa shape index (κ1) is 13.1. The van der Waals surface area contributed by atoms with Crippen LogP contribution in [0.2, 0.25) is 0 Å². The molecule has 0 atom stereocenters. The zero-order valence-corrected chi connectivity index (χ0v) is 10.4. The third-order valence-electron chi connectivity index (χ3n) is 2.27. The van der Waals surface area contributed by atoms with Gasteiger partial charge >= 0.3 is 10.1 Å². The molecule has 0 saturated heterocycles. The summed E-state index contributed by atoms with van der Waals surface area (Å²) in [5.74, 6) is -0.486. The van der Waals surface area contributed by atoms with Crippen molar-refractivity contribution in [3.05, 3.63) is 59.9 Å². The van der Waals surface area contributed by atoms with E-state index < -0.39 is 15.9 Å². The van der Waals surface area contributed by atoms with E-state index in [9.17, 15) is 12.8 Å². The molecule has 0 amide bonds. The summed E-state index contributed by atoms with van der Waals surface area (Å²) in [5.41, 5.74) is 0.212. The van der Waals surface area contributed by atoms with E-state index in [-0.39, 0.29) is 16.2 Å². The number of nitriles is 1. The fraction of sp³-hybridized carbons (Fsp3) is 0. The third-order valence-corrected chi connectivity index (χ3v) is 3.51. The Bertz CT molecular complexity index is 733. The number of halogens is 1. The number of hydrogen-bond donors (Lipinski definition) is 0. The molecule has 0 unspecified atom stereocenters. The van der Waals surface area contributed by atoms with E-state index in [2.05, 4.69) is 0 Å². The first-order chi connectivity index (χ1) is 9.01. The van der Waals surface area contributed by atoms with Crippen LogP contribution in [0.25, 0.3) is 0 Å². The monoisotopic (exact) mass is 277 g/mol. The molecule has 0 spiro atoms. The zero-order valence-electron chi connectivity index (χ0n) is 9.58. The lowest BCUT2D eigenvalue weighted by Crippen LogP contribution is -2.09. The molecular formula is C13H8FNO3S. The standard InChI is InChI=1S/C13H8FNO3S/c14-11-4-6-12(7-5-11)18-19(16,17)13-3-1-2-10(8-13)9-15/h1-8H. The summed E-state index contributed by atoms with van der Waals surface area (Å²) in [5, 5.41) is 8.72. The summed E-state index contributed by atoms with van der Waals surface area (Å²) in [4.78, 5) is -0.129. The van der Waals surface area contributed by atoms with Crippen LogP contribution in [0.1, 0.15) is 5.56 Å². The SMILES string of the molecule is N#Cc1cccc(S(=O)(=O)Oc2ccc(F)cc2)c1. The van der Waals surface area contributed by atoms with Gasteiger partial charge in [0.1, 0.15) is 16.5 Å². The maximum absolute atomic E-state index is 12.7. The summed E-state index contributed by atoms with van der Waals surface area (Å²) in [6.45, 7) is 0. The Hall–Kier alpha value is -2.39. The molecule has 0 aliphatic carbocycles. The molecule has 0 radical (unpaired) electrons. The zero-order chi connectivity index (χ0) is 13.9. The average Bonchev–Trinajstić information content (AvgIpc) is 2.41. The fourth-order valence-corrected chi connectivity index (χ4v) is 2.36. The Morgan fingerprint density at radius 2 is 1.79 bits per heavy atom. The molecule has 2 aromatic carbocycles. The Labute approximate surface area is 109 Å². The third kappa shape index (κ3) is 3.09. The summed E-state index contributed by atoms with van der Waals surface area (Å²) in [6.07, 6.45) is 0. The van der Waals surface area contributed by atoms with Gasteiger partial charge in [-0.3, -0.25) is 0 Å². The van der Waals surface area contributed by atoms with Crippen LogP contribution in [-0.4, -0.2) is 8.42 Å². The first-order valence-corrected chi connectivity index (χ1v) is 6.62. The van der Waals surface area contributed by atoms with E-state index in [4.69, 9.17) is 9.44 Å². The largest absolute Gasteiger partial charge is 0.379 e. The van der Waals surface area contributed by atoms with Gasteiger partial charge in [0, 0.05) is 0 Å². The topological polar surface area (TPSA) is 67.2 Å². The summed E-state index contributed by atoms with van der Waals surface area (Å²) in [7, 11) is -4.03. The molecular weight excluding hydrogens is 269 g/mol. The lowest BCUT2D eigenvalue weighted by atomic mass is 10.2. The molecule has 0 heterocycles. The van der Waals surface area contributed by atoms with E-state index in [0.29, 0.717) is 0 Å². The second-order valence-electron chi connectivity index (χ2n) is 3.63. The minimum atomic E-state index is -4.03. The number of hydrogen-bond acceptors (Lipinski definition) is 4. The van der Waals surface area contributed by atoms with Crippen LogP contribution >= 0.6 is 0 Å². The van der Waals surface area contributed by atoms with Crippen molar-refractivity contribution < 1.29 is 17.0 Å². The summed E-state index contributed by atoms with van der Waals surface area (Å²) >= 11 is 0. The Kier molecular flexibility index (Phi) is 3.49. The van der Waals surface area contributed by atoms with Crippen LogP contribution in [0.5, 0.6) is 5.75 Å². The van der Waals surface area contributed by atoms with Crippen LogP contribution in [-0.2, 0) is 10.1 Å². The molecule has 0 N–H and O–H groups in total. The molecule has 2 rings (SSSR count). The average molecular weight is 277 g/mol. The molecule has 0 aliphatic rings. The fourth-order valence-electron chi connectivity index (χ4n) is 1.39. The molecule has 19 heavy (non-hydrogen) atoms. The quantitative estimate of drug-likeness (QED) is 0.808. The van der Waals surface area contributed by atoms with Crippen LogP contribution in [0.3, 0.4) is 0 Å². The lowest BCUT2D eigenvalue weighted by Gasteiger charge is -2.06. The highest BCUT2D eigenvalue weighted by Crippen LogP contribution is 2.19. The highest BCUT2D eigenvalue weighted by molar-refractivity contribution is 7.87. The van der Waals surface area contributed by atoms with Crippen molar-refractivity contribution in [3.8, 4) is 11.8 Å². The van der Waals surface area contributed by atoms with Crippen molar-refractivity contribution in [2.24, 2.45) is 0 Å². The molecule has 6 heteroatoms. The Morgan fingerprint density at radius 1 is 1.11 bits per heavy atom. The van der Waals surface area contributed by atoms with Crippen LogP contribution in [0, 0.1) is 17.1 Å². The van der Waals surface area contributed by atoms with Crippen LogP contribution in [0.15, 0.2) is 53.4 Å². The molecule has 2 aromatic rings. The maximum atomic E-state index is 12.7. The van der Waals surface area contributed by atoms with Gasteiger partial charge in [0.25, 0.3) is 0 Å². The van der Waals surface area contributed by atoms with Crippen molar-refractivity contribution in [1.82, 2.24) is 0 Å². The van der Waals surface area contributed by atoms with Crippen molar-refractivity contribution in [1.29, 1.82) is 5.26 Å². The lowest BCUT2D eigenvalue weighted by molar-refractivity contribution is 0.485. The van der Waals surface area contributed by atoms with E-state index in [1.807, 2.05) is 6.07 Å². The number of benzene rings is 2. The highest BCUT2D eigenvalue weighted by atomic mass is 32.2. The minimum absolute atomic E-state index is 0.00348. The van der Waals surface area contributed by atoms with Gasteiger partial charge in [-0.25, -0.2) is 4.39 Å². The van der Waals surface area contributed by atoms with Gasteiger partial charge in [0.2, 0.25) is 0 Å². The van der Waals surface area contributed by atoms with Crippen molar-refractivity contribution in [2.45, 2.75) is 4.90 Å². The predicted molar refractivity (Wildman–Crippen MR) is 65.4 cm³/mol. The van der Waals surface area contributed by atoms with Crippen molar-refractivity contribution in [2.75, 3.05) is 0 Å². The van der Waals surface area contributed by atoms with Gasteiger partial charge in [-0.2, -0.15) is 13.7 Å². The van der Waals surface area contributed by atoms with Crippen LogP contribution < -0.4 is 4.18 Å². The van der Waals surface area contributed by atoms with E-state index in [1.165, 1.54) is 36.4 Å². The second kappa shape index (κ2) is 5.08. The molecule has 96 valence electrons. The maximum Gasteiger partial charge on any atom is 0.339 e. The first-order valence-electron chi connectivity index (χ1n) is 5.21. The molecule has 0 fully saturated rings. The summed E-state index contributed by atoms with van der Waals surface area (Å²) in [6, 6.07) is 11.9. The molecule has 0 bridgehead atoms. The molecule has 0 aliphatic heterocycles. The molecule has 4 nitrogen and oxygen atoms in total. The van der Waals surface area contributed by atoms with Crippen molar-refractivity contribution in [3.63, 3.8) is 0 Å². The van der Waals surface area contributed by atoms with Crippen LogP contribution in [0.4, 0.5) is 4.39 Å². The Balaban J connectivity index is 2.32. The highest BCUT2D eigenvalue weighted by Gasteiger charge is 2.17. The van der Waals surface area contributed by atoms with E-state index in [0.717, 1.165) is 12.1 Å². The van der Waals surface area contributed by atoms with Gasteiger partial charge in [0.05, 0.1) is 11.6 Å². The predicted octanol–water partition coefficient (Wildman–Crippen LogP) is 2.47. The van der Waals surface area contributed by atoms with Gasteiger partial charge in [-0.15, -0.1) is 0 Å². The molecule has 0 saturated carbocycles. The van der Waals surface area contributed by atoms with Gasteiger partial charge in [0.15, 0.2) is 0 Å². The summed E-state index contributed by atoms with van der Waals surface area (Å²) < 4.78 is 41.4. The normalized spacial score (nSPS) is 10.7. The van der Waals surface area contributed by atoms with Gasteiger partial charge < -0.3 is 4.18 Å². The number of nitrogens with zero attached hydrogens (tertiary/aromatic N) is 1. The van der Waals surface area contributed by atoms with Gasteiger partial charge in [-0.1, -0.05) is 6.07 Å². The smallest absolute Gasteiger partial charge is 0.339 e. The molecule has 0 aromatic heterocycles. The van der Waals surface area contributed by atoms with Crippen molar-refractivity contribution >= 4 is 10.1 Å².